The first-order chi connectivity index (χ1) is 8.17. The van der Waals surface area contributed by atoms with E-state index in [-0.39, 0.29) is 0 Å². The fraction of sp³-hybridized carbons (Fsp3) is 0.385. The summed E-state index contributed by atoms with van der Waals surface area (Å²) >= 11 is 1.83. The lowest BCUT2D eigenvalue weighted by molar-refractivity contribution is 0.730. The van der Waals surface area contributed by atoms with Gasteiger partial charge in [-0.25, -0.2) is 4.98 Å². The summed E-state index contributed by atoms with van der Waals surface area (Å²) in [5, 5.41) is 8.91. The molecule has 1 heterocycles. The number of hydrogen-bond acceptors (Lipinski definition) is 3. The van der Waals surface area contributed by atoms with Gasteiger partial charge in [0.2, 0.25) is 0 Å². The number of hydrogen-bond donors (Lipinski definition) is 0. The van der Waals surface area contributed by atoms with E-state index in [4.69, 9.17) is 5.26 Å². The number of nitrogens with zero attached hydrogens (tertiary/aromatic N) is 3. The van der Waals surface area contributed by atoms with E-state index in [0.29, 0.717) is 11.5 Å². The van der Waals surface area contributed by atoms with E-state index in [2.05, 4.69) is 28.8 Å². The lowest BCUT2D eigenvalue weighted by atomic mass is 10.2. The SMILES string of the molecule is CSCC(C)c1nc2ccc(C#N)cc2n1C. The van der Waals surface area contributed by atoms with E-state index >= 15 is 0 Å². The van der Waals surface area contributed by atoms with Gasteiger partial charge in [-0.15, -0.1) is 0 Å². The molecular weight excluding hydrogens is 230 g/mol. The van der Waals surface area contributed by atoms with E-state index in [1.807, 2.05) is 37.0 Å². The van der Waals surface area contributed by atoms with Gasteiger partial charge >= 0.3 is 0 Å². The molecule has 0 bridgehead atoms. The van der Waals surface area contributed by atoms with Gasteiger partial charge in [-0.1, -0.05) is 6.92 Å². The number of thioether (sulfide) groups is 1. The Balaban J connectivity index is 2.53. The molecule has 0 saturated heterocycles. The highest BCUT2D eigenvalue weighted by molar-refractivity contribution is 7.98. The van der Waals surface area contributed by atoms with Crippen molar-refractivity contribution in [2.24, 2.45) is 7.05 Å². The summed E-state index contributed by atoms with van der Waals surface area (Å²) in [5.74, 6) is 2.57. The third-order valence-electron chi connectivity index (χ3n) is 2.90. The van der Waals surface area contributed by atoms with Crippen LogP contribution in [0.1, 0.15) is 24.2 Å². The van der Waals surface area contributed by atoms with Gasteiger partial charge in [0.05, 0.1) is 22.7 Å². The van der Waals surface area contributed by atoms with Crippen LogP contribution in [0.4, 0.5) is 0 Å². The fourth-order valence-corrected chi connectivity index (χ4v) is 2.69. The van der Waals surface area contributed by atoms with Crippen molar-refractivity contribution < 1.29 is 0 Å². The maximum absolute atomic E-state index is 8.91. The molecule has 0 aliphatic rings. The summed E-state index contributed by atoms with van der Waals surface area (Å²) in [7, 11) is 2.02. The molecule has 0 N–H and O–H groups in total. The number of fused-ring (bicyclic) bond motifs is 1. The average Bonchev–Trinajstić information content (AvgIpc) is 2.67. The zero-order valence-corrected chi connectivity index (χ0v) is 11.1. The number of rotatable bonds is 3. The van der Waals surface area contributed by atoms with Crippen LogP contribution in [-0.4, -0.2) is 21.6 Å². The smallest absolute Gasteiger partial charge is 0.113 e. The van der Waals surface area contributed by atoms with E-state index in [1.54, 1.807) is 0 Å². The van der Waals surface area contributed by atoms with Crippen molar-refractivity contribution in [1.29, 1.82) is 5.26 Å². The summed E-state index contributed by atoms with van der Waals surface area (Å²) in [6, 6.07) is 7.80. The topological polar surface area (TPSA) is 41.6 Å². The van der Waals surface area contributed by atoms with Gasteiger partial charge in [-0.05, 0) is 24.5 Å². The van der Waals surface area contributed by atoms with Gasteiger partial charge in [-0.3, -0.25) is 0 Å². The van der Waals surface area contributed by atoms with Crippen molar-refractivity contribution in [3.05, 3.63) is 29.6 Å². The molecule has 0 amide bonds. The lowest BCUT2D eigenvalue weighted by Gasteiger charge is -2.09. The second-order valence-corrected chi connectivity index (χ2v) is 5.11. The summed E-state index contributed by atoms with van der Waals surface area (Å²) < 4.78 is 2.09. The summed E-state index contributed by atoms with van der Waals surface area (Å²) in [5.41, 5.74) is 2.69. The number of benzene rings is 1. The maximum Gasteiger partial charge on any atom is 0.113 e. The lowest BCUT2D eigenvalue weighted by Crippen LogP contribution is -2.05. The highest BCUT2D eigenvalue weighted by Crippen LogP contribution is 2.23. The van der Waals surface area contributed by atoms with Gasteiger partial charge in [0.25, 0.3) is 0 Å². The zero-order valence-electron chi connectivity index (χ0n) is 10.3. The molecule has 1 aromatic heterocycles. The third-order valence-corrected chi connectivity index (χ3v) is 3.74. The normalized spacial score (nSPS) is 12.6. The van der Waals surface area contributed by atoms with Gasteiger partial charge in [-0.2, -0.15) is 17.0 Å². The Morgan fingerprint density at radius 1 is 1.53 bits per heavy atom. The molecular formula is C13H15N3S. The van der Waals surface area contributed by atoms with Gasteiger partial charge in [0.1, 0.15) is 5.82 Å². The highest BCUT2D eigenvalue weighted by atomic mass is 32.2. The second kappa shape index (κ2) is 4.80. The van der Waals surface area contributed by atoms with Crippen LogP contribution in [0.3, 0.4) is 0 Å². The number of aromatic nitrogens is 2. The largest absolute Gasteiger partial charge is 0.331 e. The molecule has 2 rings (SSSR count). The Morgan fingerprint density at radius 3 is 2.94 bits per heavy atom. The molecule has 0 radical (unpaired) electrons. The van der Waals surface area contributed by atoms with Crippen molar-refractivity contribution in [1.82, 2.24) is 9.55 Å². The van der Waals surface area contributed by atoms with Gasteiger partial charge in [0.15, 0.2) is 0 Å². The van der Waals surface area contributed by atoms with Crippen LogP contribution in [0, 0.1) is 11.3 Å². The number of nitriles is 1. The predicted molar refractivity (Wildman–Crippen MR) is 72.2 cm³/mol. The first-order valence-corrected chi connectivity index (χ1v) is 6.92. The Bertz CT molecular complexity index is 580. The molecule has 0 saturated carbocycles. The summed E-state index contributed by atoms with van der Waals surface area (Å²) in [4.78, 5) is 4.65. The third kappa shape index (κ3) is 2.16. The van der Waals surface area contributed by atoms with E-state index in [0.717, 1.165) is 22.6 Å². The van der Waals surface area contributed by atoms with Crippen molar-refractivity contribution in [2.45, 2.75) is 12.8 Å². The van der Waals surface area contributed by atoms with Crippen LogP contribution in [0.15, 0.2) is 18.2 Å². The molecule has 1 atom stereocenters. The maximum atomic E-state index is 8.91. The summed E-state index contributed by atoms with van der Waals surface area (Å²) in [6.45, 7) is 2.18. The van der Waals surface area contributed by atoms with Crippen LogP contribution >= 0.6 is 11.8 Å². The minimum Gasteiger partial charge on any atom is -0.331 e. The molecule has 0 fully saturated rings. The standard InChI is InChI=1S/C13H15N3S/c1-9(8-17-3)13-15-11-5-4-10(7-14)6-12(11)16(13)2/h4-6,9H,8H2,1-3H3. The first kappa shape index (κ1) is 12.0. The van der Waals surface area contributed by atoms with Crippen LogP contribution in [0.2, 0.25) is 0 Å². The number of imidazole rings is 1. The Labute approximate surface area is 105 Å². The minimum atomic E-state index is 0.424. The van der Waals surface area contributed by atoms with Crippen LogP contribution < -0.4 is 0 Å². The van der Waals surface area contributed by atoms with Crippen molar-refractivity contribution in [2.75, 3.05) is 12.0 Å². The van der Waals surface area contributed by atoms with Gasteiger partial charge < -0.3 is 4.57 Å². The second-order valence-electron chi connectivity index (χ2n) is 4.20. The van der Waals surface area contributed by atoms with E-state index in [1.165, 1.54) is 0 Å². The van der Waals surface area contributed by atoms with Crippen molar-refractivity contribution >= 4 is 22.8 Å². The Hall–Kier alpha value is -1.47. The summed E-state index contributed by atoms with van der Waals surface area (Å²) in [6.07, 6.45) is 2.10. The molecule has 4 heteroatoms. The monoisotopic (exact) mass is 245 g/mol. The minimum absolute atomic E-state index is 0.424. The molecule has 1 aromatic carbocycles. The molecule has 0 aliphatic carbocycles. The predicted octanol–water partition coefficient (Wildman–Crippen LogP) is 2.91. The average molecular weight is 245 g/mol. The van der Waals surface area contributed by atoms with E-state index in [9.17, 15) is 0 Å². The fourth-order valence-electron chi connectivity index (χ4n) is 2.04. The van der Waals surface area contributed by atoms with Crippen molar-refractivity contribution in [3.8, 4) is 6.07 Å². The Morgan fingerprint density at radius 2 is 2.29 bits per heavy atom. The van der Waals surface area contributed by atoms with Crippen molar-refractivity contribution in [3.63, 3.8) is 0 Å². The Kier molecular flexibility index (Phi) is 3.39. The molecule has 17 heavy (non-hydrogen) atoms. The molecule has 1 unspecified atom stereocenters. The molecule has 0 aliphatic heterocycles. The molecule has 0 spiro atoms. The quantitative estimate of drug-likeness (QED) is 0.835. The van der Waals surface area contributed by atoms with E-state index < -0.39 is 0 Å². The zero-order chi connectivity index (χ0) is 12.4. The van der Waals surface area contributed by atoms with Crippen LogP contribution in [-0.2, 0) is 7.05 Å². The molecule has 3 nitrogen and oxygen atoms in total. The molecule has 2 aromatic rings. The van der Waals surface area contributed by atoms with Crippen LogP contribution in [0.5, 0.6) is 0 Å². The highest BCUT2D eigenvalue weighted by Gasteiger charge is 2.14. The van der Waals surface area contributed by atoms with Gasteiger partial charge in [0, 0.05) is 18.7 Å². The first-order valence-electron chi connectivity index (χ1n) is 5.52. The van der Waals surface area contributed by atoms with Crippen LogP contribution in [0.25, 0.3) is 11.0 Å². The molecule has 88 valence electrons. The number of aryl methyl sites for hydroxylation is 1.